The highest BCUT2D eigenvalue weighted by Crippen LogP contribution is 2.38. The highest BCUT2D eigenvalue weighted by Gasteiger charge is 2.23. The quantitative estimate of drug-likeness (QED) is 0.835. The lowest BCUT2D eigenvalue weighted by atomic mass is 10.1. The first kappa shape index (κ1) is 13.5. The van der Waals surface area contributed by atoms with E-state index in [0.29, 0.717) is 22.8 Å². The molecule has 1 aromatic rings. The van der Waals surface area contributed by atoms with Crippen molar-refractivity contribution in [3.8, 4) is 17.2 Å². The van der Waals surface area contributed by atoms with Crippen LogP contribution >= 0.6 is 0 Å². The third-order valence-corrected chi connectivity index (χ3v) is 3.30. The van der Waals surface area contributed by atoms with Crippen LogP contribution in [0, 0.1) is 0 Å². The number of hydrogen-bond acceptors (Lipinski definition) is 4. The summed E-state index contributed by atoms with van der Waals surface area (Å²) in [5.41, 5.74) is 0.566. The maximum atomic E-state index is 12.4. The van der Waals surface area contributed by atoms with Gasteiger partial charge in [-0.05, 0) is 25.0 Å². The first-order valence-corrected chi connectivity index (χ1v) is 6.30. The summed E-state index contributed by atoms with van der Waals surface area (Å²) in [4.78, 5) is 14.2. The first-order chi connectivity index (χ1) is 9.21. The molecule has 1 fully saturated rings. The molecule has 0 atom stereocenters. The van der Waals surface area contributed by atoms with Crippen molar-refractivity contribution in [3.05, 3.63) is 17.7 Å². The Kier molecular flexibility index (Phi) is 4.14. The van der Waals surface area contributed by atoms with Crippen LogP contribution in [0.5, 0.6) is 17.2 Å². The van der Waals surface area contributed by atoms with Gasteiger partial charge in [-0.15, -0.1) is 0 Å². The average Bonchev–Trinajstić information content (AvgIpc) is 2.98. The molecule has 0 unspecified atom stereocenters. The summed E-state index contributed by atoms with van der Waals surface area (Å²) in [5, 5.41) is 0. The highest BCUT2D eigenvalue weighted by molar-refractivity contribution is 5.95. The first-order valence-electron chi connectivity index (χ1n) is 6.30. The van der Waals surface area contributed by atoms with Crippen LogP contribution in [0.3, 0.4) is 0 Å². The topological polar surface area (TPSA) is 48.0 Å². The molecule has 0 aromatic heterocycles. The van der Waals surface area contributed by atoms with Gasteiger partial charge in [-0.25, -0.2) is 0 Å². The molecule has 0 saturated carbocycles. The molecule has 104 valence electrons. The van der Waals surface area contributed by atoms with Gasteiger partial charge in [-0.2, -0.15) is 0 Å². The zero-order valence-corrected chi connectivity index (χ0v) is 11.6. The number of carbonyl (C=O) groups excluding carboxylic acids is 1. The van der Waals surface area contributed by atoms with E-state index in [9.17, 15) is 4.79 Å². The van der Waals surface area contributed by atoms with Crippen LogP contribution in [0.25, 0.3) is 0 Å². The van der Waals surface area contributed by atoms with Gasteiger partial charge in [0.25, 0.3) is 5.91 Å². The van der Waals surface area contributed by atoms with Crippen molar-refractivity contribution in [3.63, 3.8) is 0 Å². The van der Waals surface area contributed by atoms with E-state index < -0.39 is 0 Å². The van der Waals surface area contributed by atoms with Crippen LogP contribution in [0.4, 0.5) is 0 Å². The Morgan fingerprint density at radius 3 is 1.95 bits per heavy atom. The number of methoxy groups -OCH3 is 3. The molecule has 0 bridgehead atoms. The number of ether oxygens (including phenoxy) is 3. The third-order valence-electron chi connectivity index (χ3n) is 3.30. The second kappa shape index (κ2) is 5.82. The van der Waals surface area contributed by atoms with Crippen LogP contribution in [0.15, 0.2) is 12.1 Å². The van der Waals surface area contributed by atoms with Gasteiger partial charge >= 0.3 is 0 Å². The van der Waals surface area contributed by atoms with Crippen LogP contribution in [0.1, 0.15) is 23.2 Å². The summed E-state index contributed by atoms with van der Waals surface area (Å²) in [5.74, 6) is 1.52. The predicted octanol–water partition coefficient (Wildman–Crippen LogP) is 1.95. The summed E-state index contributed by atoms with van der Waals surface area (Å²) in [7, 11) is 4.63. The molecule has 0 radical (unpaired) electrons. The number of rotatable bonds is 4. The lowest BCUT2D eigenvalue weighted by Crippen LogP contribution is -2.27. The van der Waals surface area contributed by atoms with Crippen molar-refractivity contribution in [1.29, 1.82) is 0 Å². The van der Waals surface area contributed by atoms with Crippen molar-refractivity contribution in [2.24, 2.45) is 0 Å². The van der Waals surface area contributed by atoms with E-state index in [2.05, 4.69) is 0 Å². The smallest absolute Gasteiger partial charge is 0.254 e. The van der Waals surface area contributed by atoms with Crippen LogP contribution in [0.2, 0.25) is 0 Å². The molecule has 19 heavy (non-hydrogen) atoms. The molecule has 1 amide bonds. The fourth-order valence-corrected chi connectivity index (χ4v) is 2.31. The van der Waals surface area contributed by atoms with Crippen molar-refractivity contribution in [2.75, 3.05) is 34.4 Å². The fourth-order valence-electron chi connectivity index (χ4n) is 2.31. The Bertz CT molecular complexity index is 442. The summed E-state index contributed by atoms with van der Waals surface area (Å²) in [6.07, 6.45) is 2.13. The fraction of sp³-hybridized carbons (Fsp3) is 0.500. The minimum Gasteiger partial charge on any atom is -0.493 e. The number of hydrogen-bond donors (Lipinski definition) is 0. The minimum absolute atomic E-state index is 0.0109. The average molecular weight is 265 g/mol. The van der Waals surface area contributed by atoms with E-state index in [1.807, 2.05) is 4.90 Å². The molecule has 0 aliphatic carbocycles. The van der Waals surface area contributed by atoms with Crippen molar-refractivity contribution in [1.82, 2.24) is 4.90 Å². The monoisotopic (exact) mass is 265 g/mol. The molecule has 0 N–H and O–H groups in total. The van der Waals surface area contributed by atoms with Crippen LogP contribution < -0.4 is 14.2 Å². The summed E-state index contributed by atoms with van der Waals surface area (Å²) in [6.45, 7) is 1.63. The van der Waals surface area contributed by atoms with Crippen molar-refractivity contribution < 1.29 is 19.0 Å². The number of carbonyl (C=O) groups is 1. The molecule has 5 nitrogen and oxygen atoms in total. The van der Waals surface area contributed by atoms with E-state index in [1.165, 1.54) is 0 Å². The molecule has 1 aliphatic heterocycles. The van der Waals surface area contributed by atoms with Gasteiger partial charge in [0.05, 0.1) is 21.3 Å². The summed E-state index contributed by atoms with van der Waals surface area (Å²) in [6, 6.07) is 3.39. The zero-order chi connectivity index (χ0) is 13.8. The SMILES string of the molecule is COc1cc(C(=O)N2CCCC2)cc(OC)c1OC. The van der Waals surface area contributed by atoms with Gasteiger partial charge in [0.15, 0.2) is 11.5 Å². The Balaban J connectivity index is 2.37. The second-order valence-corrected chi connectivity index (χ2v) is 4.41. The largest absolute Gasteiger partial charge is 0.493 e. The summed E-state index contributed by atoms with van der Waals surface area (Å²) >= 11 is 0. The molecule has 1 aromatic carbocycles. The zero-order valence-electron chi connectivity index (χ0n) is 11.6. The molecule has 1 saturated heterocycles. The van der Waals surface area contributed by atoms with Crippen molar-refractivity contribution >= 4 is 5.91 Å². The van der Waals surface area contributed by atoms with Gasteiger partial charge in [0, 0.05) is 18.7 Å². The van der Waals surface area contributed by atoms with E-state index in [1.54, 1.807) is 33.5 Å². The van der Waals surface area contributed by atoms with Crippen LogP contribution in [-0.2, 0) is 0 Å². The van der Waals surface area contributed by atoms with Gasteiger partial charge < -0.3 is 19.1 Å². The van der Waals surface area contributed by atoms with E-state index in [0.717, 1.165) is 25.9 Å². The molecule has 1 heterocycles. The van der Waals surface area contributed by atoms with Gasteiger partial charge in [0.2, 0.25) is 5.75 Å². The maximum absolute atomic E-state index is 12.4. The standard InChI is InChI=1S/C14H19NO4/c1-17-11-8-10(9-12(18-2)13(11)19-3)14(16)15-6-4-5-7-15/h8-9H,4-7H2,1-3H3. The van der Waals surface area contributed by atoms with Gasteiger partial charge in [0.1, 0.15) is 0 Å². The minimum atomic E-state index is 0.0109. The molecule has 1 aliphatic rings. The Morgan fingerprint density at radius 2 is 1.53 bits per heavy atom. The molecular weight excluding hydrogens is 246 g/mol. The molecule has 2 rings (SSSR count). The lowest BCUT2D eigenvalue weighted by Gasteiger charge is -2.18. The number of benzene rings is 1. The number of amides is 1. The number of nitrogens with zero attached hydrogens (tertiary/aromatic N) is 1. The van der Waals surface area contributed by atoms with E-state index in [-0.39, 0.29) is 5.91 Å². The van der Waals surface area contributed by atoms with Gasteiger partial charge in [-0.1, -0.05) is 0 Å². The Labute approximate surface area is 113 Å². The lowest BCUT2D eigenvalue weighted by molar-refractivity contribution is 0.0792. The normalized spacial score (nSPS) is 14.4. The summed E-state index contributed by atoms with van der Waals surface area (Å²) < 4.78 is 15.8. The highest BCUT2D eigenvalue weighted by atomic mass is 16.5. The Morgan fingerprint density at radius 1 is 1.00 bits per heavy atom. The second-order valence-electron chi connectivity index (χ2n) is 4.41. The third kappa shape index (κ3) is 2.59. The molecular formula is C14H19NO4. The maximum Gasteiger partial charge on any atom is 0.254 e. The Hall–Kier alpha value is -1.91. The van der Waals surface area contributed by atoms with E-state index in [4.69, 9.17) is 14.2 Å². The number of likely N-dealkylation sites (tertiary alicyclic amines) is 1. The van der Waals surface area contributed by atoms with Crippen molar-refractivity contribution in [2.45, 2.75) is 12.8 Å². The molecule has 0 spiro atoms. The van der Waals surface area contributed by atoms with Gasteiger partial charge in [-0.3, -0.25) is 4.79 Å². The predicted molar refractivity (Wildman–Crippen MR) is 71.2 cm³/mol. The van der Waals surface area contributed by atoms with E-state index >= 15 is 0 Å². The molecule has 5 heteroatoms. The van der Waals surface area contributed by atoms with Crippen LogP contribution in [-0.4, -0.2) is 45.2 Å².